The van der Waals surface area contributed by atoms with Crippen LogP contribution in [0.4, 0.5) is 0 Å². The number of aromatic nitrogens is 2. The lowest BCUT2D eigenvalue weighted by molar-refractivity contribution is -0.142. The van der Waals surface area contributed by atoms with Gasteiger partial charge in [0.05, 0.1) is 6.61 Å². The third-order valence-electron chi connectivity index (χ3n) is 2.26. The predicted molar refractivity (Wildman–Crippen MR) is 77.9 cm³/mol. The number of esters is 1. The van der Waals surface area contributed by atoms with Crippen LogP contribution in [0.2, 0.25) is 10.3 Å². The highest BCUT2D eigenvalue weighted by atomic mass is 35.5. The number of unbranched alkanes of at least 4 members (excludes halogenated alkanes) is 1. The maximum absolute atomic E-state index is 11.9. The van der Waals surface area contributed by atoms with Crippen molar-refractivity contribution in [2.75, 3.05) is 6.61 Å². The number of carbonyl (C=O) groups is 1. The fourth-order valence-electron chi connectivity index (χ4n) is 1.40. The van der Waals surface area contributed by atoms with Gasteiger partial charge in [-0.15, -0.1) is 0 Å². The molecule has 0 N–H and O–H groups in total. The molecule has 0 aliphatic heterocycles. The molecule has 0 aliphatic carbocycles. The highest BCUT2D eigenvalue weighted by Crippen LogP contribution is 2.27. The Bertz CT molecular complexity index is 412. The molecule has 0 unspecified atom stereocenters. The van der Waals surface area contributed by atoms with Gasteiger partial charge >= 0.3 is 5.97 Å². The normalized spacial score (nSPS) is 12.2. The second-order valence-corrected chi connectivity index (χ2v) is 5.74. The van der Waals surface area contributed by atoms with Gasteiger partial charge in [-0.2, -0.15) is 0 Å². The van der Waals surface area contributed by atoms with Crippen molar-refractivity contribution < 1.29 is 9.53 Å². The van der Waals surface area contributed by atoms with Gasteiger partial charge in [0.2, 0.25) is 0 Å². The van der Waals surface area contributed by atoms with Gasteiger partial charge in [0, 0.05) is 6.07 Å². The molecule has 19 heavy (non-hydrogen) atoms. The van der Waals surface area contributed by atoms with Crippen LogP contribution in [0, 0.1) is 0 Å². The number of halogens is 2. The Morgan fingerprint density at radius 3 is 2.53 bits per heavy atom. The Labute approximate surface area is 127 Å². The highest BCUT2D eigenvalue weighted by molar-refractivity contribution is 8.00. The first-order chi connectivity index (χ1) is 9.06. The van der Waals surface area contributed by atoms with Crippen molar-refractivity contribution >= 4 is 40.9 Å². The zero-order valence-corrected chi connectivity index (χ0v) is 13.2. The topological polar surface area (TPSA) is 52.1 Å². The van der Waals surface area contributed by atoms with E-state index in [1.54, 1.807) is 6.92 Å². The number of carbonyl (C=O) groups excluding carboxylic acids is 1. The van der Waals surface area contributed by atoms with Gasteiger partial charge in [0.1, 0.15) is 15.6 Å². The molecule has 0 radical (unpaired) electrons. The number of rotatable bonds is 7. The Morgan fingerprint density at radius 1 is 1.37 bits per heavy atom. The molecule has 1 atom stereocenters. The maximum atomic E-state index is 11.9. The van der Waals surface area contributed by atoms with Gasteiger partial charge in [0.25, 0.3) is 0 Å². The third-order valence-corrected chi connectivity index (χ3v) is 3.75. The summed E-state index contributed by atoms with van der Waals surface area (Å²) >= 11 is 12.9. The number of hydrogen-bond donors (Lipinski definition) is 0. The van der Waals surface area contributed by atoms with Crippen LogP contribution in [0.5, 0.6) is 0 Å². The molecule has 0 amide bonds. The summed E-state index contributed by atoms with van der Waals surface area (Å²) in [5.74, 6) is -0.249. The average molecular weight is 323 g/mol. The van der Waals surface area contributed by atoms with Crippen LogP contribution in [-0.4, -0.2) is 27.8 Å². The summed E-state index contributed by atoms with van der Waals surface area (Å²) in [5, 5.41) is 0.599. The quantitative estimate of drug-likeness (QED) is 0.329. The van der Waals surface area contributed by atoms with Crippen LogP contribution in [0.25, 0.3) is 0 Å². The minimum atomic E-state index is -0.325. The van der Waals surface area contributed by atoms with Crippen LogP contribution in [0.3, 0.4) is 0 Å². The van der Waals surface area contributed by atoms with Gasteiger partial charge < -0.3 is 4.74 Å². The van der Waals surface area contributed by atoms with E-state index in [4.69, 9.17) is 27.9 Å². The highest BCUT2D eigenvalue weighted by Gasteiger charge is 2.22. The monoisotopic (exact) mass is 322 g/mol. The molecule has 1 aromatic rings. The van der Waals surface area contributed by atoms with Gasteiger partial charge in [-0.3, -0.25) is 4.79 Å². The lowest BCUT2D eigenvalue weighted by atomic mass is 10.2. The third kappa shape index (κ3) is 5.97. The molecule has 0 aromatic carbocycles. The Hall–Kier alpha value is -0.520. The second kappa shape index (κ2) is 8.61. The largest absolute Gasteiger partial charge is 0.465 e. The second-order valence-electron chi connectivity index (χ2n) is 3.80. The van der Waals surface area contributed by atoms with E-state index >= 15 is 0 Å². The lowest BCUT2D eigenvalue weighted by Gasteiger charge is -2.13. The minimum absolute atomic E-state index is 0.249. The van der Waals surface area contributed by atoms with E-state index in [2.05, 4.69) is 16.9 Å². The van der Waals surface area contributed by atoms with E-state index in [0.29, 0.717) is 18.2 Å². The molecule has 106 valence electrons. The molecule has 1 heterocycles. The van der Waals surface area contributed by atoms with E-state index in [0.717, 1.165) is 12.8 Å². The van der Waals surface area contributed by atoms with Crippen molar-refractivity contribution in [3.05, 3.63) is 16.4 Å². The molecular formula is C12H16Cl2N2O2S. The number of nitrogens with zero attached hydrogens (tertiary/aromatic N) is 2. The fraction of sp³-hybridized carbons (Fsp3) is 0.583. The zero-order chi connectivity index (χ0) is 14.3. The standard InChI is InChI=1S/C12H16Cl2N2O2S/c1-3-5-6-8(11(17)18-4-2)19-12-15-9(13)7-10(14)16-12/h7-8H,3-6H2,1-2H3/t8-/m1/s1. The van der Waals surface area contributed by atoms with E-state index in [1.807, 2.05) is 0 Å². The van der Waals surface area contributed by atoms with Gasteiger partial charge in [-0.25, -0.2) is 9.97 Å². The molecule has 0 saturated heterocycles. The molecule has 0 bridgehead atoms. The van der Waals surface area contributed by atoms with Crippen LogP contribution < -0.4 is 0 Å². The molecule has 1 rings (SSSR count). The molecule has 7 heteroatoms. The summed E-state index contributed by atoms with van der Waals surface area (Å²) < 4.78 is 5.05. The van der Waals surface area contributed by atoms with E-state index in [1.165, 1.54) is 17.8 Å². The molecule has 0 saturated carbocycles. The summed E-state index contributed by atoms with van der Waals surface area (Å²) in [4.78, 5) is 20.0. The first-order valence-electron chi connectivity index (χ1n) is 6.10. The summed E-state index contributed by atoms with van der Waals surface area (Å²) in [7, 11) is 0. The van der Waals surface area contributed by atoms with Gasteiger partial charge in [-0.1, -0.05) is 54.7 Å². The summed E-state index contributed by atoms with van der Waals surface area (Å²) in [6.45, 7) is 4.21. The predicted octanol–water partition coefficient (Wildman–Crippen LogP) is 4.00. The first-order valence-corrected chi connectivity index (χ1v) is 7.73. The molecule has 0 fully saturated rings. The average Bonchev–Trinajstić information content (AvgIpc) is 2.33. The van der Waals surface area contributed by atoms with Crippen LogP contribution >= 0.6 is 35.0 Å². The van der Waals surface area contributed by atoms with Crippen molar-refractivity contribution in [3.8, 4) is 0 Å². The molecule has 4 nitrogen and oxygen atoms in total. The molecule has 0 aliphatic rings. The Kier molecular flexibility index (Phi) is 7.49. The van der Waals surface area contributed by atoms with Crippen molar-refractivity contribution in [2.45, 2.75) is 43.5 Å². The minimum Gasteiger partial charge on any atom is -0.465 e. The van der Waals surface area contributed by atoms with Crippen molar-refractivity contribution in [1.29, 1.82) is 0 Å². The van der Waals surface area contributed by atoms with Gasteiger partial charge in [-0.05, 0) is 13.3 Å². The van der Waals surface area contributed by atoms with Crippen molar-refractivity contribution in [1.82, 2.24) is 9.97 Å². The lowest BCUT2D eigenvalue weighted by Crippen LogP contribution is -2.20. The summed E-state index contributed by atoms with van der Waals surface area (Å²) in [6.07, 6.45) is 2.66. The van der Waals surface area contributed by atoms with Crippen LogP contribution in [0.1, 0.15) is 33.1 Å². The Balaban J connectivity index is 2.77. The summed E-state index contributed by atoms with van der Waals surface area (Å²) in [5.41, 5.74) is 0. The fourth-order valence-corrected chi connectivity index (χ4v) is 2.93. The SMILES string of the molecule is CCCC[C@@H](Sc1nc(Cl)cc(Cl)n1)C(=O)OCC. The first kappa shape index (κ1) is 16.5. The van der Waals surface area contributed by atoms with E-state index in [-0.39, 0.29) is 21.5 Å². The van der Waals surface area contributed by atoms with Gasteiger partial charge in [0.15, 0.2) is 5.16 Å². The number of ether oxygens (including phenoxy) is 1. The van der Waals surface area contributed by atoms with E-state index in [9.17, 15) is 4.79 Å². The molecule has 1 aromatic heterocycles. The molecular weight excluding hydrogens is 307 g/mol. The number of hydrogen-bond acceptors (Lipinski definition) is 5. The number of thioether (sulfide) groups is 1. The van der Waals surface area contributed by atoms with Crippen LogP contribution in [0.15, 0.2) is 11.2 Å². The maximum Gasteiger partial charge on any atom is 0.319 e. The Morgan fingerprint density at radius 2 is 2.00 bits per heavy atom. The zero-order valence-electron chi connectivity index (χ0n) is 10.9. The van der Waals surface area contributed by atoms with Crippen molar-refractivity contribution in [2.24, 2.45) is 0 Å². The summed E-state index contributed by atoms with van der Waals surface area (Å²) in [6, 6.07) is 1.46. The van der Waals surface area contributed by atoms with Crippen LogP contribution in [-0.2, 0) is 9.53 Å². The van der Waals surface area contributed by atoms with E-state index < -0.39 is 0 Å². The molecule has 0 spiro atoms. The van der Waals surface area contributed by atoms with Crippen molar-refractivity contribution in [3.63, 3.8) is 0 Å². The smallest absolute Gasteiger partial charge is 0.319 e.